The van der Waals surface area contributed by atoms with Crippen molar-refractivity contribution in [3.8, 4) is 5.75 Å². The summed E-state index contributed by atoms with van der Waals surface area (Å²) in [5.74, 6) is -2.30. The second-order valence-corrected chi connectivity index (χ2v) is 10.8. The largest absolute Gasteiger partial charge is 0.611 e. The third kappa shape index (κ3) is 4.51. The van der Waals surface area contributed by atoms with Crippen molar-refractivity contribution in [2.24, 2.45) is 0 Å². The fourth-order valence-electron chi connectivity index (χ4n) is 4.43. The smallest absolute Gasteiger partial charge is 0.340 e. The molecule has 11 heteroatoms. The number of nitrogens with one attached hydrogen (secondary N) is 1. The standard InChI is InChI=1S/C25H22BrF2N3O4S/c1-2-35-25(33)23-20(12-36(34)14-5-6-17(27)18(28)9-14)31(13-3-4-13)19-11-16(26)24(32)15(22(19)23)10-21-29-7-8-30-21/h5-9,11,13,32H,2-4,10,12H2,1H3,(H,29,30). The van der Waals surface area contributed by atoms with Gasteiger partial charge in [0.25, 0.3) is 0 Å². The number of carbonyl (C=O) groups excluding carboxylic acids is 1. The number of phenolic OH excluding ortho intramolecular Hbond substituents is 1. The fraction of sp³-hybridized carbons (Fsp3) is 0.280. The zero-order valence-corrected chi connectivity index (χ0v) is 21.6. The molecule has 4 aromatic rings. The summed E-state index contributed by atoms with van der Waals surface area (Å²) in [5.41, 5.74) is 1.83. The van der Waals surface area contributed by atoms with Crippen LogP contribution in [0.1, 0.15) is 53.2 Å². The highest BCUT2D eigenvalue weighted by molar-refractivity contribution is 9.10. The van der Waals surface area contributed by atoms with Crippen LogP contribution in [0.5, 0.6) is 5.75 Å². The first-order valence-electron chi connectivity index (χ1n) is 11.4. The minimum Gasteiger partial charge on any atom is -0.611 e. The van der Waals surface area contributed by atoms with Crippen LogP contribution < -0.4 is 0 Å². The number of esters is 1. The summed E-state index contributed by atoms with van der Waals surface area (Å²) < 4.78 is 48.5. The molecule has 0 radical (unpaired) electrons. The van der Waals surface area contributed by atoms with Gasteiger partial charge < -0.3 is 23.9 Å². The van der Waals surface area contributed by atoms with E-state index in [2.05, 4.69) is 25.9 Å². The first kappa shape index (κ1) is 24.8. The van der Waals surface area contributed by atoms with Crippen molar-refractivity contribution in [1.82, 2.24) is 14.5 Å². The lowest BCUT2D eigenvalue weighted by molar-refractivity contribution is 0.0527. The molecule has 2 heterocycles. The molecule has 188 valence electrons. The van der Waals surface area contributed by atoms with Gasteiger partial charge in [0.1, 0.15) is 11.6 Å². The van der Waals surface area contributed by atoms with Crippen LogP contribution in [-0.4, -0.2) is 36.8 Å². The minimum absolute atomic E-state index is 0.0364. The van der Waals surface area contributed by atoms with Crippen molar-refractivity contribution in [1.29, 1.82) is 0 Å². The number of hydrogen-bond acceptors (Lipinski definition) is 5. The van der Waals surface area contributed by atoms with Gasteiger partial charge >= 0.3 is 5.97 Å². The van der Waals surface area contributed by atoms with E-state index in [9.17, 15) is 23.2 Å². The van der Waals surface area contributed by atoms with Gasteiger partial charge in [0, 0.05) is 41.9 Å². The van der Waals surface area contributed by atoms with Crippen LogP contribution >= 0.6 is 15.9 Å². The third-order valence-electron chi connectivity index (χ3n) is 6.13. The molecule has 1 unspecified atom stereocenters. The number of rotatable bonds is 8. The Hall–Kier alpha value is -2.89. The topological polar surface area (TPSA) is 103 Å². The number of carbonyl (C=O) groups is 1. The number of H-pyrrole nitrogens is 1. The van der Waals surface area contributed by atoms with E-state index in [1.165, 1.54) is 6.07 Å². The normalized spacial score (nSPS) is 14.4. The van der Waals surface area contributed by atoms with Crippen LogP contribution in [0.3, 0.4) is 0 Å². The lowest BCUT2D eigenvalue weighted by Crippen LogP contribution is -2.15. The molecule has 0 aliphatic heterocycles. The van der Waals surface area contributed by atoms with Crippen LogP contribution in [0, 0.1) is 11.6 Å². The summed E-state index contributed by atoms with van der Waals surface area (Å²) in [6.07, 6.45) is 5.20. The number of nitrogens with zero attached hydrogens (tertiary/aromatic N) is 2. The summed E-state index contributed by atoms with van der Waals surface area (Å²) in [4.78, 5) is 20.7. The lowest BCUT2D eigenvalue weighted by atomic mass is 10.0. The number of halogens is 3. The summed E-state index contributed by atoms with van der Waals surface area (Å²) in [7, 11) is 0. The van der Waals surface area contributed by atoms with Gasteiger partial charge in [0.15, 0.2) is 22.3 Å². The van der Waals surface area contributed by atoms with E-state index in [0.717, 1.165) is 25.0 Å². The number of aromatic hydroxyl groups is 1. The Morgan fingerprint density at radius 3 is 2.75 bits per heavy atom. The van der Waals surface area contributed by atoms with Gasteiger partial charge in [-0.2, -0.15) is 0 Å². The Morgan fingerprint density at radius 1 is 1.33 bits per heavy atom. The molecular weight excluding hydrogens is 556 g/mol. The number of imidazole rings is 1. The minimum atomic E-state index is -1.79. The molecule has 0 saturated heterocycles. The molecule has 1 saturated carbocycles. The maximum atomic E-state index is 13.9. The SMILES string of the molecule is CCOC(=O)c1c(C[S+]([O-])c2ccc(F)c(F)c2)n(C2CC2)c2cc(Br)c(O)c(Cc3ncc[nH]3)c12. The van der Waals surface area contributed by atoms with Crippen LogP contribution in [0.25, 0.3) is 10.9 Å². The van der Waals surface area contributed by atoms with Crippen molar-refractivity contribution < 1.29 is 28.0 Å². The molecule has 5 rings (SSSR count). The van der Waals surface area contributed by atoms with Gasteiger partial charge in [0.2, 0.25) is 0 Å². The monoisotopic (exact) mass is 577 g/mol. The molecule has 0 bridgehead atoms. The Balaban J connectivity index is 1.74. The molecule has 0 spiro atoms. The van der Waals surface area contributed by atoms with E-state index in [0.29, 0.717) is 32.5 Å². The van der Waals surface area contributed by atoms with Crippen molar-refractivity contribution in [2.45, 2.75) is 42.9 Å². The molecule has 2 N–H and O–H groups in total. The summed E-state index contributed by atoms with van der Waals surface area (Å²) in [5, 5.41) is 11.5. The van der Waals surface area contributed by atoms with Crippen molar-refractivity contribution in [3.63, 3.8) is 0 Å². The quantitative estimate of drug-likeness (QED) is 0.212. The Bertz CT molecular complexity index is 1450. The van der Waals surface area contributed by atoms with Gasteiger partial charge in [-0.1, -0.05) is 0 Å². The Labute approximate surface area is 216 Å². The maximum absolute atomic E-state index is 13.9. The number of aromatic amines is 1. The average molecular weight is 578 g/mol. The molecule has 7 nitrogen and oxygen atoms in total. The van der Waals surface area contributed by atoms with Gasteiger partial charge in [-0.15, -0.1) is 0 Å². The highest BCUT2D eigenvalue weighted by Crippen LogP contribution is 2.46. The van der Waals surface area contributed by atoms with Gasteiger partial charge in [-0.3, -0.25) is 0 Å². The molecule has 2 aromatic heterocycles. The van der Waals surface area contributed by atoms with Crippen LogP contribution in [0.4, 0.5) is 8.78 Å². The Kier molecular flexibility index (Phi) is 6.80. The number of hydrogen-bond donors (Lipinski definition) is 2. The number of aromatic nitrogens is 3. The van der Waals surface area contributed by atoms with E-state index in [1.807, 2.05) is 4.57 Å². The second kappa shape index (κ2) is 9.87. The van der Waals surface area contributed by atoms with Crippen LogP contribution in [0.2, 0.25) is 0 Å². The van der Waals surface area contributed by atoms with E-state index >= 15 is 0 Å². The van der Waals surface area contributed by atoms with Crippen molar-refractivity contribution in [2.75, 3.05) is 6.61 Å². The van der Waals surface area contributed by atoms with E-state index < -0.39 is 28.8 Å². The first-order chi connectivity index (χ1) is 17.3. The third-order valence-corrected chi connectivity index (χ3v) is 8.05. The van der Waals surface area contributed by atoms with Gasteiger partial charge in [0.05, 0.1) is 27.9 Å². The molecule has 1 aliphatic rings. The van der Waals surface area contributed by atoms with Crippen molar-refractivity contribution >= 4 is 44.0 Å². The van der Waals surface area contributed by atoms with Gasteiger partial charge in [-0.05, 0) is 65.1 Å². The highest BCUT2D eigenvalue weighted by Gasteiger charge is 2.36. The fourth-order valence-corrected chi connectivity index (χ4v) is 6.04. The second-order valence-electron chi connectivity index (χ2n) is 8.50. The molecule has 1 aliphatic carbocycles. The van der Waals surface area contributed by atoms with Gasteiger partial charge in [-0.25, -0.2) is 18.6 Å². The predicted octanol–water partition coefficient (Wildman–Crippen LogP) is 5.52. The van der Waals surface area contributed by atoms with Crippen molar-refractivity contribution in [3.05, 3.63) is 75.4 Å². The molecule has 2 aromatic carbocycles. The van der Waals surface area contributed by atoms with E-state index in [4.69, 9.17) is 4.74 Å². The molecule has 1 fully saturated rings. The zero-order valence-electron chi connectivity index (χ0n) is 19.2. The molecule has 1 atom stereocenters. The predicted molar refractivity (Wildman–Crippen MR) is 133 cm³/mol. The number of ether oxygens (including phenoxy) is 1. The zero-order chi connectivity index (χ0) is 25.6. The van der Waals surface area contributed by atoms with E-state index in [1.54, 1.807) is 25.4 Å². The molecular formula is C25H22BrF2N3O4S. The summed E-state index contributed by atoms with van der Waals surface area (Å²) in [6, 6.07) is 4.92. The highest BCUT2D eigenvalue weighted by atomic mass is 79.9. The molecule has 0 amide bonds. The number of phenols is 1. The molecule has 36 heavy (non-hydrogen) atoms. The average Bonchev–Trinajstić information content (AvgIpc) is 3.45. The summed E-state index contributed by atoms with van der Waals surface area (Å²) in [6.45, 7) is 1.81. The number of fused-ring (bicyclic) bond motifs is 1. The summed E-state index contributed by atoms with van der Waals surface area (Å²) >= 11 is 1.65. The number of benzene rings is 2. The lowest BCUT2D eigenvalue weighted by Gasteiger charge is -2.15. The maximum Gasteiger partial charge on any atom is 0.340 e. The first-order valence-corrected chi connectivity index (χ1v) is 13.5. The van der Waals surface area contributed by atoms with Crippen LogP contribution in [-0.2, 0) is 28.1 Å². The van der Waals surface area contributed by atoms with Crippen LogP contribution in [0.15, 0.2) is 46.0 Å². The Morgan fingerprint density at radius 2 is 2.11 bits per heavy atom. The van der Waals surface area contributed by atoms with E-state index in [-0.39, 0.29) is 41.0 Å².